The summed E-state index contributed by atoms with van der Waals surface area (Å²) < 4.78 is 3.64. The predicted molar refractivity (Wildman–Crippen MR) is 115 cm³/mol. The van der Waals surface area contributed by atoms with Gasteiger partial charge >= 0.3 is 0 Å². The van der Waals surface area contributed by atoms with Crippen molar-refractivity contribution in [2.24, 2.45) is 13.0 Å². The third-order valence-electron chi connectivity index (χ3n) is 6.33. The van der Waals surface area contributed by atoms with Crippen LogP contribution in [-0.4, -0.2) is 43.1 Å². The van der Waals surface area contributed by atoms with Gasteiger partial charge in [-0.25, -0.2) is 9.97 Å². The highest BCUT2D eigenvalue weighted by atomic mass is 16.2. The van der Waals surface area contributed by atoms with Crippen LogP contribution in [0, 0.1) is 12.8 Å². The summed E-state index contributed by atoms with van der Waals surface area (Å²) in [6.07, 6.45) is 7.97. The molecule has 0 saturated carbocycles. The Morgan fingerprint density at radius 2 is 1.97 bits per heavy atom. The Bertz CT molecular complexity index is 1200. The van der Waals surface area contributed by atoms with Gasteiger partial charge in [-0.2, -0.15) is 0 Å². The van der Waals surface area contributed by atoms with Gasteiger partial charge in [0.1, 0.15) is 17.2 Å². The Hall–Kier alpha value is -3.49. The first-order chi connectivity index (χ1) is 15.0. The SMILES string of the molecule is Cc1nccnc1N1C[C@@H]2C[C@H](C1)c1ccc(C(=O)NCc3nccn3C)c(=O)n1C2. The average Bonchev–Trinajstić information content (AvgIpc) is 3.17. The molecule has 0 unspecified atom stereocenters. The van der Waals surface area contributed by atoms with E-state index in [1.165, 1.54) is 0 Å². The molecule has 2 atom stereocenters. The monoisotopic (exact) mass is 419 g/mol. The highest BCUT2D eigenvalue weighted by molar-refractivity contribution is 5.93. The molecular formula is C22H25N7O2. The molecule has 9 heteroatoms. The number of anilines is 1. The highest BCUT2D eigenvalue weighted by Gasteiger charge is 2.36. The number of hydrogen-bond donors (Lipinski definition) is 1. The first-order valence-corrected chi connectivity index (χ1v) is 10.5. The summed E-state index contributed by atoms with van der Waals surface area (Å²) >= 11 is 0. The number of carbonyl (C=O) groups excluding carboxylic acids is 1. The average molecular weight is 419 g/mol. The van der Waals surface area contributed by atoms with Crippen LogP contribution in [0.1, 0.15) is 39.9 Å². The van der Waals surface area contributed by atoms with Crippen molar-refractivity contribution in [2.75, 3.05) is 18.0 Å². The molecule has 0 aromatic carbocycles. The Kier molecular flexibility index (Phi) is 4.80. The molecule has 0 aliphatic carbocycles. The number of hydrogen-bond acceptors (Lipinski definition) is 6. The van der Waals surface area contributed by atoms with Crippen LogP contribution in [0.2, 0.25) is 0 Å². The van der Waals surface area contributed by atoms with Gasteiger partial charge in [-0.1, -0.05) is 0 Å². The second-order valence-corrected chi connectivity index (χ2v) is 8.39. The number of pyridine rings is 1. The van der Waals surface area contributed by atoms with Crippen molar-refractivity contribution in [3.05, 3.63) is 70.0 Å². The third kappa shape index (κ3) is 3.49. The Labute approximate surface area is 179 Å². The molecule has 0 radical (unpaired) electrons. The summed E-state index contributed by atoms with van der Waals surface area (Å²) in [4.78, 5) is 41.2. The fourth-order valence-electron chi connectivity index (χ4n) is 4.82. The van der Waals surface area contributed by atoms with Crippen LogP contribution in [0.4, 0.5) is 5.82 Å². The topological polar surface area (TPSA) is 97.9 Å². The zero-order valence-corrected chi connectivity index (χ0v) is 17.7. The van der Waals surface area contributed by atoms with Crippen LogP contribution in [-0.2, 0) is 20.1 Å². The zero-order chi connectivity index (χ0) is 21.5. The number of nitrogens with zero attached hydrogens (tertiary/aromatic N) is 6. The lowest BCUT2D eigenvalue weighted by Crippen LogP contribution is -2.48. The molecule has 1 saturated heterocycles. The summed E-state index contributed by atoms with van der Waals surface area (Å²) in [7, 11) is 1.87. The molecule has 1 amide bonds. The maximum atomic E-state index is 13.2. The van der Waals surface area contributed by atoms with E-state index in [9.17, 15) is 9.59 Å². The van der Waals surface area contributed by atoms with Gasteiger partial charge in [-0.15, -0.1) is 0 Å². The molecule has 5 heterocycles. The molecule has 5 rings (SSSR count). The summed E-state index contributed by atoms with van der Waals surface area (Å²) in [5.74, 6) is 1.84. The van der Waals surface area contributed by atoms with Gasteiger partial charge in [-0.05, 0) is 31.4 Å². The molecule has 0 spiro atoms. The van der Waals surface area contributed by atoms with Gasteiger partial charge in [0.25, 0.3) is 11.5 Å². The van der Waals surface area contributed by atoms with Crippen molar-refractivity contribution in [3.8, 4) is 0 Å². The number of rotatable bonds is 4. The summed E-state index contributed by atoms with van der Waals surface area (Å²) in [5, 5.41) is 2.82. The predicted octanol–water partition coefficient (Wildman–Crippen LogP) is 1.23. The molecule has 2 aliphatic heterocycles. The summed E-state index contributed by atoms with van der Waals surface area (Å²) in [6, 6.07) is 3.60. The van der Waals surface area contributed by atoms with E-state index in [1.54, 1.807) is 29.2 Å². The minimum atomic E-state index is -0.365. The van der Waals surface area contributed by atoms with Crippen LogP contribution in [0.25, 0.3) is 0 Å². The van der Waals surface area contributed by atoms with Crippen molar-refractivity contribution < 1.29 is 4.79 Å². The minimum Gasteiger partial charge on any atom is -0.354 e. The molecule has 2 aliphatic rings. The van der Waals surface area contributed by atoms with Crippen LogP contribution in [0.5, 0.6) is 0 Å². The molecule has 1 N–H and O–H groups in total. The number of nitrogens with one attached hydrogen (secondary N) is 1. The zero-order valence-electron chi connectivity index (χ0n) is 17.7. The lowest BCUT2D eigenvalue weighted by atomic mass is 9.83. The number of imidazole rings is 1. The van der Waals surface area contributed by atoms with Crippen molar-refractivity contribution in [2.45, 2.75) is 32.4 Å². The van der Waals surface area contributed by atoms with Gasteiger partial charge in [0, 0.05) is 63.1 Å². The van der Waals surface area contributed by atoms with E-state index in [2.05, 4.69) is 25.2 Å². The fourth-order valence-corrected chi connectivity index (χ4v) is 4.82. The summed E-state index contributed by atoms with van der Waals surface area (Å²) in [5.41, 5.74) is 1.88. The first kappa shape index (κ1) is 19.5. The van der Waals surface area contributed by atoms with E-state index >= 15 is 0 Å². The smallest absolute Gasteiger partial charge is 0.263 e. The standard InChI is InChI=1S/C22H25N7O2/c1-14-20(25-6-5-23-14)28-11-15-9-16(13-28)18-4-3-17(22(31)29(18)12-15)21(30)26-10-19-24-7-8-27(19)2/h3-8,15-16H,9-13H2,1-2H3,(H,26,30)/t15-,16+/m0/s1. The molecule has 2 bridgehead atoms. The normalized spacial score (nSPS) is 19.7. The third-order valence-corrected chi connectivity index (χ3v) is 6.33. The van der Waals surface area contributed by atoms with Gasteiger partial charge in [0.2, 0.25) is 0 Å². The van der Waals surface area contributed by atoms with Crippen LogP contribution in [0.15, 0.2) is 41.7 Å². The number of carbonyl (C=O) groups is 1. The van der Waals surface area contributed by atoms with Crippen molar-refractivity contribution in [1.82, 2.24) is 29.4 Å². The largest absolute Gasteiger partial charge is 0.354 e. The van der Waals surface area contributed by atoms with E-state index in [-0.39, 0.29) is 29.5 Å². The van der Waals surface area contributed by atoms with Gasteiger partial charge < -0.3 is 19.4 Å². The lowest BCUT2D eigenvalue weighted by Gasteiger charge is -2.43. The number of fused-ring (bicyclic) bond motifs is 4. The summed E-state index contributed by atoms with van der Waals surface area (Å²) in [6.45, 7) is 4.49. The molecule has 31 heavy (non-hydrogen) atoms. The van der Waals surface area contributed by atoms with Crippen molar-refractivity contribution in [3.63, 3.8) is 0 Å². The molecule has 160 valence electrons. The number of amides is 1. The Balaban J connectivity index is 1.38. The van der Waals surface area contributed by atoms with Crippen LogP contribution >= 0.6 is 0 Å². The fraction of sp³-hybridized carbons (Fsp3) is 0.409. The maximum absolute atomic E-state index is 13.2. The second kappa shape index (κ2) is 7.64. The van der Waals surface area contributed by atoms with Crippen LogP contribution < -0.4 is 15.8 Å². The lowest BCUT2D eigenvalue weighted by molar-refractivity contribution is 0.0946. The van der Waals surface area contributed by atoms with Gasteiger partial charge in [0.05, 0.1) is 12.2 Å². The van der Waals surface area contributed by atoms with E-state index in [0.717, 1.165) is 42.5 Å². The quantitative estimate of drug-likeness (QED) is 0.683. The van der Waals surface area contributed by atoms with E-state index in [0.29, 0.717) is 12.5 Å². The van der Waals surface area contributed by atoms with E-state index in [1.807, 2.05) is 30.8 Å². The van der Waals surface area contributed by atoms with Gasteiger partial charge in [-0.3, -0.25) is 14.6 Å². The number of piperidine rings is 1. The molecular weight excluding hydrogens is 394 g/mol. The van der Waals surface area contributed by atoms with Crippen molar-refractivity contribution >= 4 is 11.7 Å². The highest BCUT2D eigenvalue weighted by Crippen LogP contribution is 2.37. The Morgan fingerprint density at radius 1 is 1.13 bits per heavy atom. The second-order valence-electron chi connectivity index (χ2n) is 8.39. The molecule has 3 aromatic heterocycles. The van der Waals surface area contributed by atoms with Crippen molar-refractivity contribution in [1.29, 1.82) is 0 Å². The van der Waals surface area contributed by atoms with Crippen LogP contribution in [0.3, 0.4) is 0 Å². The van der Waals surface area contributed by atoms with E-state index < -0.39 is 0 Å². The van der Waals surface area contributed by atoms with E-state index in [4.69, 9.17) is 0 Å². The number of aryl methyl sites for hydroxylation is 2. The number of aromatic nitrogens is 5. The molecule has 1 fully saturated rings. The Morgan fingerprint density at radius 3 is 2.74 bits per heavy atom. The maximum Gasteiger partial charge on any atom is 0.263 e. The minimum absolute atomic E-state index is 0.180. The molecule has 3 aromatic rings. The first-order valence-electron chi connectivity index (χ1n) is 10.5. The van der Waals surface area contributed by atoms with Gasteiger partial charge in [0.15, 0.2) is 0 Å². The molecule has 9 nitrogen and oxygen atoms in total.